The molecule has 0 aliphatic heterocycles. The molecular weight excluding hydrogens is 841 g/mol. The lowest BCUT2D eigenvalue weighted by atomic mass is 10.1. The summed E-state index contributed by atoms with van der Waals surface area (Å²) in [6.07, 6.45) is 77.4. The quantitative estimate of drug-likeness (QED) is 0.0262. The summed E-state index contributed by atoms with van der Waals surface area (Å²) >= 11 is 0. The van der Waals surface area contributed by atoms with Crippen molar-refractivity contribution in [3.63, 3.8) is 0 Å². The normalized spacial score (nSPS) is 13.2. The van der Waals surface area contributed by atoms with Crippen molar-refractivity contribution in [3.05, 3.63) is 134 Å². The van der Waals surface area contributed by atoms with Gasteiger partial charge in [0.2, 0.25) is 0 Å². The van der Waals surface area contributed by atoms with Gasteiger partial charge in [0.1, 0.15) is 13.2 Å². The lowest BCUT2D eigenvalue weighted by Gasteiger charge is -2.18. The van der Waals surface area contributed by atoms with Crippen molar-refractivity contribution in [2.24, 2.45) is 0 Å². The van der Waals surface area contributed by atoms with Gasteiger partial charge in [0, 0.05) is 19.3 Å². The van der Waals surface area contributed by atoms with E-state index in [1.807, 2.05) is 12.2 Å². The van der Waals surface area contributed by atoms with Crippen LogP contribution in [-0.4, -0.2) is 37.2 Å². The van der Waals surface area contributed by atoms with Crippen LogP contribution >= 0.6 is 0 Å². The van der Waals surface area contributed by atoms with Crippen molar-refractivity contribution in [1.82, 2.24) is 0 Å². The van der Waals surface area contributed by atoms with Gasteiger partial charge in [0.25, 0.3) is 0 Å². The van der Waals surface area contributed by atoms with Gasteiger partial charge in [-0.1, -0.05) is 231 Å². The minimum atomic E-state index is -0.829. The first-order valence-corrected chi connectivity index (χ1v) is 27.2. The molecule has 0 bridgehead atoms. The first kappa shape index (κ1) is 63.6. The van der Waals surface area contributed by atoms with Crippen LogP contribution in [0.4, 0.5) is 0 Å². The largest absolute Gasteiger partial charge is 0.462 e. The molecule has 0 fully saturated rings. The van der Waals surface area contributed by atoms with Gasteiger partial charge in [-0.25, -0.2) is 0 Å². The molecule has 0 saturated carbocycles. The molecule has 0 N–H and O–H groups in total. The van der Waals surface area contributed by atoms with Gasteiger partial charge in [0.05, 0.1) is 0 Å². The molecule has 0 spiro atoms. The van der Waals surface area contributed by atoms with Crippen molar-refractivity contribution in [3.8, 4) is 0 Å². The molecule has 0 aromatic carbocycles. The van der Waals surface area contributed by atoms with Crippen molar-refractivity contribution < 1.29 is 28.6 Å². The predicted molar refractivity (Wildman–Crippen MR) is 292 cm³/mol. The topological polar surface area (TPSA) is 78.9 Å². The third kappa shape index (κ3) is 52.5. The molecule has 6 heteroatoms. The SMILES string of the molecule is CC/C=C\C/C=C\C/C=C\C/C=C\C/C=C\C/C=C\CCC(=O)OC(COC(=O)CCCCCCC/C=C\C/C=C\C/C=C\C/C=C\C/C=C\CC)COC(=O)CCCCCCCCCCCC. The fourth-order valence-corrected chi connectivity index (χ4v) is 6.91. The molecule has 382 valence electrons. The van der Waals surface area contributed by atoms with Gasteiger partial charge in [-0.15, -0.1) is 0 Å². The number of carbonyl (C=O) groups is 3. The van der Waals surface area contributed by atoms with Crippen LogP contribution in [0.5, 0.6) is 0 Å². The zero-order valence-corrected chi connectivity index (χ0v) is 43.6. The monoisotopic (exact) mass is 939 g/mol. The number of rotatable bonds is 47. The smallest absolute Gasteiger partial charge is 0.306 e. The fraction of sp³-hybridized carbons (Fsp3) is 0.597. The van der Waals surface area contributed by atoms with Crippen LogP contribution in [0.2, 0.25) is 0 Å². The van der Waals surface area contributed by atoms with Gasteiger partial charge < -0.3 is 14.2 Å². The first-order valence-electron chi connectivity index (χ1n) is 27.2. The van der Waals surface area contributed by atoms with Crippen LogP contribution in [0.25, 0.3) is 0 Å². The highest BCUT2D eigenvalue weighted by Crippen LogP contribution is 2.13. The molecule has 0 aliphatic carbocycles. The number of carbonyl (C=O) groups excluding carboxylic acids is 3. The molecule has 0 aromatic heterocycles. The second-order valence-corrected chi connectivity index (χ2v) is 17.4. The molecule has 6 nitrogen and oxygen atoms in total. The van der Waals surface area contributed by atoms with Crippen LogP contribution in [0, 0.1) is 0 Å². The van der Waals surface area contributed by atoms with E-state index in [0.29, 0.717) is 19.3 Å². The summed E-state index contributed by atoms with van der Waals surface area (Å²) in [5.74, 6) is -1.03. The second kappa shape index (κ2) is 55.1. The zero-order chi connectivity index (χ0) is 49.3. The Labute approximate surface area is 417 Å². The summed E-state index contributed by atoms with van der Waals surface area (Å²) in [4.78, 5) is 38.0. The van der Waals surface area contributed by atoms with Crippen LogP contribution in [0.15, 0.2) is 134 Å². The molecule has 0 aromatic rings. The highest BCUT2D eigenvalue weighted by atomic mass is 16.6. The Morgan fingerprint density at radius 2 is 0.603 bits per heavy atom. The standard InChI is InChI=1S/C62H98O6/c1-4-7-10-13-16-19-22-24-26-28-30-31-33-34-36-38-40-43-46-49-52-55-61(64)67-58-59(57-66-60(63)54-51-48-45-42-21-18-15-12-9-6-3)68-62(65)56-53-50-47-44-41-39-37-35-32-29-27-25-23-20-17-14-11-8-5-2/h7-8,10-11,16-17,19-20,24-27,30-32,34-36,39,41,47,50,59H,4-6,9,12-15,18,21-23,28-29,33,37-38,40,42-46,48-49,51-58H2,1-3H3/b10-7-,11-8-,19-16-,20-17-,26-24-,27-25-,31-30-,35-32-,36-34-,41-39-,50-47-. The Kier molecular flexibility index (Phi) is 51.5. The molecule has 0 heterocycles. The van der Waals surface area contributed by atoms with Crippen molar-refractivity contribution >= 4 is 17.9 Å². The number of hydrogen-bond acceptors (Lipinski definition) is 6. The molecule has 0 aliphatic rings. The third-order valence-electron chi connectivity index (χ3n) is 10.9. The van der Waals surface area contributed by atoms with Crippen LogP contribution in [0.3, 0.4) is 0 Å². The van der Waals surface area contributed by atoms with Gasteiger partial charge in [-0.05, 0) is 103 Å². The van der Waals surface area contributed by atoms with Gasteiger partial charge >= 0.3 is 17.9 Å². The van der Waals surface area contributed by atoms with E-state index in [2.05, 4.69) is 142 Å². The molecule has 0 saturated heterocycles. The van der Waals surface area contributed by atoms with Gasteiger partial charge in [-0.2, -0.15) is 0 Å². The lowest BCUT2D eigenvalue weighted by Crippen LogP contribution is -2.30. The minimum absolute atomic E-state index is 0.118. The maximum Gasteiger partial charge on any atom is 0.306 e. The van der Waals surface area contributed by atoms with E-state index < -0.39 is 12.1 Å². The third-order valence-corrected chi connectivity index (χ3v) is 10.9. The summed E-state index contributed by atoms with van der Waals surface area (Å²) in [6, 6.07) is 0. The van der Waals surface area contributed by atoms with E-state index in [0.717, 1.165) is 128 Å². The van der Waals surface area contributed by atoms with E-state index in [4.69, 9.17) is 14.2 Å². The number of allylic oxidation sites excluding steroid dienone is 22. The Hall–Kier alpha value is -4.45. The summed E-state index contributed by atoms with van der Waals surface area (Å²) in [6.45, 7) is 6.30. The highest BCUT2D eigenvalue weighted by Gasteiger charge is 2.19. The summed E-state index contributed by atoms with van der Waals surface area (Å²) < 4.78 is 16.7. The number of esters is 3. The Bertz CT molecular complexity index is 1500. The maximum absolute atomic E-state index is 12.8. The lowest BCUT2D eigenvalue weighted by molar-refractivity contribution is -0.166. The predicted octanol–water partition coefficient (Wildman–Crippen LogP) is 18.3. The van der Waals surface area contributed by atoms with Crippen molar-refractivity contribution in [1.29, 1.82) is 0 Å². The van der Waals surface area contributed by atoms with Crippen molar-refractivity contribution in [2.45, 2.75) is 226 Å². The van der Waals surface area contributed by atoms with E-state index in [-0.39, 0.29) is 31.6 Å². The van der Waals surface area contributed by atoms with Crippen LogP contribution < -0.4 is 0 Å². The molecule has 68 heavy (non-hydrogen) atoms. The molecule has 0 radical (unpaired) electrons. The second-order valence-electron chi connectivity index (χ2n) is 17.4. The number of ether oxygens (including phenoxy) is 3. The van der Waals surface area contributed by atoms with Gasteiger partial charge in [0.15, 0.2) is 6.10 Å². The molecule has 1 unspecified atom stereocenters. The van der Waals surface area contributed by atoms with Gasteiger partial charge in [-0.3, -0.25) is 14.4 Å². The summed E-state index contributed by atoms with van der Waals surface area (Å²) in [7, 11) is 0. The highest BCUT2D eigenvalue weighted by molar-refractivity contribution is 5.71. The average molecular weight is 939 g/mol. The van der Waals surface area contributed by atoms with Crippen molar-refractivity contribution in [2.75, 3.05) is 13.2 Å². The Morgan fingerprint density at radius 3 is 0.956 bits per heavy atom. The molecule has 0 rings (SSSR count). The van der Waals surface area contributed by atoms with E-state index in [1.54, 1.807) is 0 Å². The summed E-state index contributed by atoms with van der Waals surface area (Å²) in [5, 5.41) is 0. The molecule has 1 atom stereocenters. The van der Waals surface area contributed by atoms with E-state index in [9.17, 15) is 14.4 Å². The zero-order valence-electron chi connectivity index (χ0n) is 43.6. The fourth-order valence-electron chi connectivity index (χ4n) is 6.91. The minimum Gasteiger partial charge on any atom is -0.462 e. The maximum atomic E-state index is 12.8. The van der Waals surface area contributed by atoms with E-state index >= 15 is 0 Å². The first-order chi connectivity index (χ1) is 33.5. The number of unbranched alkanes of at least 4 members (excludes halogenated alkanes) is 14. The van der Waals surface area contributed by atoms with Crippen LogP contribution in [-0.2, 0) is 28.6 Å². The number of hydrogen-bond donors (Lipinski definition) is 0. The average Bonchev–Trinajstić information content (AvgIpc) is 3.34. The van der Waals surface area contributed by atoms with Crippen LogP contribution in [0.1, 0.15) is 220 Å². The Morgan fingerprint density at radius 1 is 0.309 bits per heavy atom. The summed E-state index contributed by atoms with van der Waals surface area (Å²) in [5.41, 5.74) is 0. The molecular formula is C62H98O6. The Balaban J connectivity index is 4.51. The van der Waals surface area contributed by atoms with E-state index in [1.165, 1.54) is 44.9 Å². The molecule has 0 amide bonds.